The average molecular weight is 311 g/mol. The molecule has 1 aliphatic heterocycles. The van der Waals surface area contributed by atoms with Crippen LogP contribution in [0.1, 0.15) is 37.5 Å². The van der Waals surface area contributed by atoms with Crippen molar-refractivity contribution < 1.29 is 0 Å². The molecule has 4 heteroatoms. The Balaban J connectivity index is 1.51. The Morgan fingerprint density at radius 1 is 1.35 bits per heavy atom. The Labute approximate surface area is 130 Å². The molecule has 110 valence electrons. The number of nitrogens with one attached hydrogen (secondary N) is 1. The monoisotopic (exact) mass is 310 g/mol. The zero-order chi connectivity index (χ0) is 13.7. The van der Waals surface area contributed by atoms with Crippen molar-refractivity contribution in [3.05, 3.63) is 21.3 Å². The van der Waals surface area contributed by atoms with Crippen LogP contribution in [0, 0.1) is 11.8 Å². The third-order valence-electron chi connectivity index (χ3n) is 5.35. The third-order valence-corrected chi connectivity index (χ3v) is 6.56. The van der Waals surface area contributed by atoms with Crippen molar-refractivity contribution >= 4 is 22.9 Å². The summed E-state index contributed by atoms with van der Waals surface area (Å²) < 4.78 is 0.920. The van der Waals surface area contributed by atoms with Gasteiger partial charge in [0.25, 0.3) is 0 Å². The molecule has 1 aromatic heterocycles. The largest absolute Gasteiger partial charge is 0.308 e. The minimum absolute atomic E-state index is 0.340. The topological polar surface area (TPSA) is 15.3 Å². The maximum atomic E-state index is 6.09. The van der Waals surface area contributed by atoms with Crippen LogP contribution in [0.3, 0.4) is 0 Å². The second-order valence-electron chi connectivity index (χ2n) is 7.09. The fraction of sp³-hybridized carbons (Fsp3) is 0.750. The molecule has 1 N–H and O–H groups in total. The van der Waals surface area contributed by atoms with Crippen molar-refractivity contribution in [2.75, 3.05) is 13.1 Å². The number of hydrogen-bond donors (Lipinski definition) is 1. The molecule has 1 saturated heterocycles. The summed E-state index contributed by atoms with van der Waals surface area (Å²) in [4.78, 5) is 4.16. The summed E-state index contributed by atoms with van der Waals surface area (Å²) in [6, 6.07) is 4.98. The summed E-state index contributed by atoms with van der Waals surface area (Å²) in [7, 11) is 0. The molecular weight excluding hydrogens is 288 g/mol. The summed E-state index contributed by atoms with van der Waals surface area (Å²) >= 11 is 7.84. The lowest BCUT2D eigenvalue weighted by Crippen LogP contribution is -2.64. The van der Waals surface area contributed by atoms with E-state index in [2.05, 4.69) is 23.2 Å². The molecular formula is C16H23ClN2S. The van der Waals surface area contributed by atoms with Gasteiger partial charge in [-0.05, 0) is 56.6 Å². The van der Waals surface area contributed by atoms with E-state index >= 15 is 0 Å². The number of nitrogens with zero attached hydrogens (tertiary/aromatic N) is 1. The predicted octanol–water partition coefficient (Wildman–Crippen LogP) is 3.75. The van der Waals surface area contributed by atoms with E-state index in [1.54, 1.807) is 11.3 Å². The van der Waals surface area contributed by atoms with Crippen LogP contribution in [-0.2, 0) is 6.54 Å². The molecule has 20 heavy (non-hydrogen) atoms. The van der Waals surface area contributed by atoms with Crippen molar-refractivity contribution in [1.29, 1.82) is 0 Å². The Morgan fingerprint density at radius 2 is 2.15 bits per heavy atom. The maximum absolute atomic E-state index is 6.09. The van der Waals surface area contributed by atoms with Crippen molar-refractivity contribution in [3.8, 4) is 0 Å². The molecule has 2 saturated carbocycles. The molecule has 0 bridgehead atoms. The number of halogens is 1. The first-order chi connectivity index (χ1) is 9.64. The van der Waals surface area contributed by atoms with Crippen LogP contribution in [0.5, 0.6) is 0 Å². The van der Waals surface area contributed by atoms with Gasteiger partial charge in [0.2, 0.25) is 0 Å². The highest BCUT2D eigenvalue weighted by Crippen LogP contribution is 2.44. The van der Waals surface area contributed by atoms with Gasteiger partial charge in [0.1, 0.15) is 0 Å². The van der Waals surface area contributed by atoms with Crippen LogP contribution < -0.4 is 5.32 Å². The molecule has 2 atom stereocenters. The van der Waals surface area contributed by atoms with Crippen LogP contribution in [0.25, 0.3) is 0 Å². The van der Waals surface area contributed by atoms with Crippen molar-refractivity contribution in [1.82, 2.24) is 10.2 Å². The molecule has 2 aliphatic carbocycles. The molecule has 0 aromatic carbocycles. The number of hydrogen-bond acceptors (Lipinski definition) is 3. The fourth-order valence-electron chi connectivity index (χ4n) is 3.81. The molecule has 2 unspecified atom stereocenters. The molecule has 0 radical (unpaired) electrons. The van der Waals surface area contributed by atoms with Crippen molar-refractivity contribution in [3.63, 3.8) is 0 Å². The van der Waals surface area contributed by atoms with E-state index in [9.17, 15) is 0 Å². The first-order valence-corrected chi connectivity index (χ1v) is 9.07. The van der Waals surface area contributed by atoms with Gasteiger partial charge in [-0.15, -0.1) is 11.3 Å². The van der Waals surface area contributed by atoms with Gasteiger partial charge in [-0.3, -0.25) is 4.90 Å². The van der Waals surface area contributed by atoms with E-state index in [0.717, 1.165) is 28.8 Å². The smallest absolute Gasteiger partial charge is 0.0931 e. The Kier molecular flexibility index (Phi) is 3.38. The third kappa shape index (κ3) is 2.66. The van der Waals surface area contributed by atoms with Gasteiger partial charge in [-0.2, -0.15) is 0 Å². The van der Waals surface area contributed by atoms with E-state index in [0.29, 0.717) is 5.54 Å². The lowest BCUT2D eigenvalue weighted by Gasteiger charge is -2.47. The Bertz CT molecular complexity index is 494. The summed E-state index contributed by atoms with van der Waals surface area (Å²) in [6.45, 7) is 5.90. The van der Waals surface area contributed by atoms with E-state index in [4.69, 9.17) is 11.6 Å². The summed E-state index contributed by atoms with van der Waals surface area (Å²) in [5, 5.41) is 3.89. The average Bonchev–Trinajstić information content (AvgIpc) is 3.29. The van der Waals surface area contributed by atoms with E-state index in [1.165, 1.54) is 43.6 Å². The van der Waals surface area contributed by atoms with Crippen LogP contribution in [0.4, 0.5) is 0 Å². The van der Waals surface area contributed by atoms with Gasteiger partial charge in [0.05, 0.1) is 4.34 Å². The molecule has 3 aliphatic rings. The molecule has 2 heterocycles. The van der Waals surface area contributed by atoms with Gasteiger partial charge in [0, 0.05) is 36.1 Å². The normalized spacial score (nSPS) is 35.4. The number of rotatable bonds is 4. The summed E-state index contributed by atoms with van der Waals surface area (Å²) in [5.41, 5.74) is 0.340. The Hall–Kier alpha value is -0.0900. The molecule has 0 amide bonds. The first-order valence-electron chi connectivity index (χ1n) is 7.87. The van der Waals surface area contributed by atoms with E-state index in [-0.39, 0.29) is 0 Å². The molecule has 4 rings (SSSR count). The number of thiophene rings is 1. The lowest BCUT2D eigenvalue weighted by molar-refractivity contribution is 0.0586. The summed E-state index contributed by atoms with van der Waals surface area (Å²) in [6.07, 6.45) is 5.68. The fourth-order valence-corrected chi connectivity index (χ4v) is 4.92. The van der Waals surface area contributed by atoms with E-state index < -0.39 is 0 Å². The standard InChI is InChI=1S/C16H23ClN2S/c1-16(12-4-5-12)10-19(9-13-6-7-15(17)20-13)14(8-18-16)11-2-3-11/h6-7,11-12,14,18H,2-5,8-10H2,1H3. The van der Waals surface area contributed by atoms with Crippen LogP contribution >= 0.6 is 22.9 Å². The lowest BCUT2D eigenvalue weighted by atomic mass is 9.90. The van der Waals surface area contributed by atoms with Gasteiger partial charge in [-0.25, -0.2) is 0 Å². The Morgan fingerprint density at radius 3 is 2.75 bits per heavy atom. The SMILES string of the molecule is CC1(C2CC2)CN(Cc2ccc(Cl)s2)C(C2CC2)CN1. The molecule has 0 spiro atoms. The quantitative estimate of drug-likeness (QED) is 0.911. The van der Waals surface area contributed by atoms with E-state index in [1.807, 2.05) is 6.07 Å². The predicted molar refractivity (Wildman–Crippen MR) is 85.4 cm³/mol. The van der Waals surface area contributed by atoms with Gasteiger partial charge >= 0.3 is 0 Å². The second kappa shape index (κ2) is 4.98. The molecule has 3 fully saturated rings. The number of piperazine rings is 1. The minimum Gasteiger partial charge on any atom is -0.308 e. The van der Waals surface area contributed by atoms with Crippen molar-refractivity contribution in [2.45, 2.75) is 50.7 Å². The van der Waals surface area contributed by atoms with Crippen LogP contribution in [0.15, 0.2) is 12.1 Å². The van der Waals surface area contributed by atoms with Gasteiger partial charge in [0.15, 0.2) is 0 Å². The highest BCUT2D eigenvalue weighted by molar-refractivity contribution is 7.16. The first kappa shape index (κ1) is 13.6. The molecule has 1 aromatic rings. The van der Waals surface area contributed by atoms with Crippen LogP contribution in [-0.4, -0.2) is 29.6 Å². The minimum atomic E-state index is 0.340. The van der Waals surface area contributed by atoms with Gasteiger partial charge < -0.3 is 5.32 Å². The zero-order valence-electron chi connectivity index (χ0n) is 12.1. The molecule has 2 nitrogen and oxygen atoms in total. The highest BCUT2D eigenvalue weighted by Gasteiger charge is 2.48. The van der Waals surface area contributed by atoms with Crippen molar-refractivity contribution in [2.24, 2.45) is 11.8 Å². The maximum Gasteiger partial charge on any atom is 0.0931 e. The zero-order valence-corrected chi connectivity index (χ0v) is 13.6. The second-order valence-corrected chi connectivity index (χ2v) is 8.89. The highest BCUT2D eigenvalue weighted by atomic mass is 35.5. The van der Waals surface area contributed by atoms with Crippen LogP contribution in [0.2, 0.25) is 4.34 Å². The summed E-state index contributed by atoms with van der Waals surface area (Å²) in [5.74, 6) is 1.83. The van der Waals surface area contributed by atoms with Gasteiger partial charge in [-0.1, -0.05) is 11.6 Å².